The zero-order valence-electron chi connectivity index (χ0n) is 11.8. The largest absolute Gasteiger partial charge is 0.260 e. The van der Waals surface area contributed by atoms with Crippen LogP contribution in [0.2, 0.25) is 15.2 Å². The van der Waals surface area contributed by atoms with Gasteiger partial charge >= 0.3 is 0 Å². The predicted molar refractivity (Wildman–Crippen MR) is 89.5 cm³/mol. The first-order valence-corrected chi connectivity index (χ1v) is 8.03. The molecule has 2 bridgehead atoms. The van der Waals surface area contributed by atoms with E-state index in [1.165, 1.54) is 12.0 Å². The van der Waals surface area contributed by atoms with Crippen molar-refractivity contribution in [1.29, 1.82) is 0 Å². The van der Waals surface area contributed by atoms with Crippen LogP contribution in [0.25, 0.3) is 0 Å². The molecule has 4 rings (SSSR count). The molecule has 6 heteroatoms. The van der Waals surface area contributed by atoms with E-state index in [-0.39, 0.29) is 5.15 Å². The molecule has 0 unspecified atom stereocenters. The molecule has 112 valence electrons. The van der Waals surface area contributed by atoms with Crippen LogP contribution in [0, 0.1) is 17.3 Å². The number of hydrogen-bond donors (Lipinski definition) is 1. The van der Waals surface area contributed by atoms with Gasteiger partial charge in [0.25, 0.3) is 0 Å². The molecule has 3 nitrogen and oxygen atoms in total. The van der Waals surface area contributed by atoms with Gasteiger partial charge in [0.05, 0.1) is 16.3 Å². The first-order chi connectivity index (χ1) is 9.89. The fourth-order valence-corrected chi connectivity index (χ4v) is 3.78. The van der Waals surface area contributed by atoms with Crippen LogP contribution in [0.4, 0.5) is 5.82 Å². The maximum Gasteiger partial charge on any atom is 0.166 e. The zero-order chi connectivity index (χ0) is 15.2. The van der Waals surface area contributed by atoms with Crippen LogP contribution in [0.3, 0.4) is 0 Å². The molecule has 1 heterocycles. The molecule has 0 spiro atoms. The van der Waals surface area contributed by atoms with Crippen LogP contribution >= 0.6 is 34.8 Å². The molecular weight excluding hydrogens is 329 g/mol. The van der Waals surface area contributed by atoms with Crippen molar-refractivity contribution < 1.29 is 0 Å². The molecule has 1 fully saturated rings. The quantitative estimate of drug-likeness (QED) is 0.451. The number of nitrogens with one attached hydrogen (secondary N) is 1. The number of anilines is 1. The number of aromatic nitrogens is 1. The molecule has 21 heavy (non-hydrogen) atoms. The summed E-state index contributed by atoms with van der Waals surface area (Å²) in [5, 5.41) is 5.17. The van der Waals surface area contributed by atoms with E-state index in [0.717, 1.165) is 12.3 Å². The Labute approximate surface area is 139 Å². The Morgan fingerprint density at radius 3 is 2.76 bits per heavy atom. The van der Waals surface area contributed by atoms with Gasteiger partial charge in [0.15, 0.2) is 5.82 Å². The highest BCUT2D eigenvalue weighted by Crippen LogP contribution is 2.58. The number of hydrazone groups is 1. The van der Waals surface area contributed by atoms with Gasteiger partial charge in [-0.25, -0.2) is 4.98 Å². The molecule has 0 aromatic carbocycles. The van der Waals surface area contributed by atoms with Gasteiger partial charge in [0, 0.05) is 0 Å². The second-order valence-electron chi connectivity index (χ2n) is 6.21. The zero-order valence-corrected chi connectivity index (χ0v) is 14.1. The molecule has 3 aliphatic rings. The van der Waals surface area contributed by atoms with Crippen molar-refractivity contribution in [3.8, 4) is 0 Å². The van der Waals surface area contributed by atoms with Gasteiger partial charge in [-0.1, -0.05) is 54.7 Å². The normalized spacial score (nSPS) is 26.4. The molecule has 1 aromatic heterocycles. The number of nitrogens with zero attached hydrogens (tertiary/aromatic N) is 2. The summed E-state index contributed by atoms with van der Waals surface area (Å²) < 4.78 is 0. The lowest BCUT2D eigenvalue weighted by Crippen LogP contribution is -2.48. The van der Waals surface area contributed by atoms with Crippen LogP contribution in [0.15, 0.2) is 22.8 Å². The van der Waals surface area contributed by atoms with Crippen molar-refractivity contribution in [2.45, 2.75) is 26.7 Å². The van der Waals surface area contributed by atoms with Gasteiger partial charge < -0.3 is 0 Å². The molecule has 1 aromatic rings. The summed E-state index contributed by atoms with van der Waals surface area (Å²) in [6, 6.07) is 1.55. The van der Waals surface area contributed by atoms with Gasteiger partial charge in [0.2, 0.25) is 0 Å². The van der Waals surface area contributed by atoms with Gasteiger partial charge in [-0.3, -0.25) is 5.43 Å². The molecule has 0 radical (unpaired) electrons. The van der Waals surface area contributed by atoms with Gasteiger partial charge in [-0.15, -0.1) is 0 Å². The molecule has 0 aliphatic heterocycles. The summed E-state index contributed by atoms with van der Waals surface area (Å²) in [4.78, 5) is 4.07. The Balaban J connectivity index is 1.71. The van der Waals surface area contributed by atoms with Gasteiger partial charge in [-0.05, 0) is 41.7 Å². The predicted octanol–water partition coefficient (Wildman–Crippen LogP) is 5.43. The SMILES string of the molecule is CC1(C)[C@H]2CC=C(C=NNc3nc(Cl)c(Cl)cc3Cl)[C@H]1C2. The summed E-state index contributed by atoms with van der Waals surface area (Å²) in [6.07, 6.45) is 6.54. The molecule has 3 aliphatic carbocycles. The Morgan fingerprint density at radius 2 is 2.10 bits per heavy atom. The Morgan fingerprint density at radius 1 is 1.33 bits per heavy atom. The number of fused-ring (bicyclic) bond motifs is 1. The number of hydrogen-bond acceptors (Lipinski definition) is 3. The van der Waals surface area contributed by atoms with Crippen molar-refractivity contribution in [2.24, 2.45) is 22.4 Å². The van der Waals surface area contributed by atoms with Crippen LogP contribution in [0.5, 0.6) is 0 Å². The Hall–Kier alpha value is -0.770. The van der Waals surface area contributed by atoms with Crippen molar-refractivity contribution >= 4 is 46.8 Å². The van der Waals surface area contributed by atoms with Crippen LogP contribution < -0.4 is 5.43 Å². The van der Waals surface area contributed by atoms with Crippen molar-refractivity contribution in [1.82, 2.24) is 4.98 Å². The van der Waals surface area contributed by atoms with E-state index in [2.05, 4.69) is 35.4 Å². The second kappa shape index (κ2) is 5.45. The average molecular weight is 345 g/mol. The molecular formula is C15H16Cl3N3. The second-order valence-corrected chi connectivity index (χ2v) is 7.38. The van der Waals surface area contributed by atoms with E-state index in [9.17, 15) is 0 Å². The van der Waals surface area contributed by atoms with Crippen molar-refractivity contribution in [2.75, 3.05) is 5.43 Å². The Kier molecular flexibility index (Phi) is 3.93. The standard InChI is InChI=1S/C15H16Cl3N3/c1-15(2)9-4-3-8(10(15)5-9)7-19-21-14-12(17)6-11(16)13(18)20-14/h3,6-7,9-10H,4-5H2,1-2H3,(H,20,21)/t9-,10+/m0/s1. The van der Waals surface area contributed by atoms with E-state index in [1.807, 2.05) is 6.21 Å². The van der Waals surface area contributed by atoms with E-state index < -0.39 is 0 Å². The fraction of sp³-hybridized carbons (Fsp3) is 0.467. The number of pyridine rings is 1. The molecule has 2 atom stereocenters. The highest BCUT2D eigenvalue weighted by molar-refractivity contribution is 6.42. The summed E-state index contributed by atoms with van der Waals surface area (Å²) in [6.45, 7) is 4.66. The van der Waals surface area contributed by atoms with Crippen LogP contribution in [-0.2, 0) is 0 Å². The number of halogens is 3. The number of allylic oxidation sites excluding steroid dienone is 2. The van der Waals surface area contributed by atoms with E-state index in [4.69, 9.17) is 34.8 Å². The average Bonchev–Trinajstić information content (AvgIpc) is 2.44. The first kappa shape index (κ1) is 15.1. The smallest absolute Gasteiger partial charge is 0.166 e. The van der Waals surface area contributed by atoms with Gasteiger partial charge in [0.1, 0.15) is 5.15 Å². The molecule has 1 N–H and O–H groups in total. The maximum atomic E-state index is 6.05. The molecule has 0 amide bonds. The van der Waals surface area contributed by atoms with E-state index in [1.54, 1.807) is 6.07 Å². The first-order valence-electron chi connectivity index (χ1n) is 6.90. The third-order valence-corrected chi connectivity index (χ3v) is 5.74. The number of rotatable bonds is 3. The van der Waals surface area contributed by atoms with E-state index in [0.29, 0.717) is 27.2 Å². The fourth-order valence-electron chi connectivity index (χ4n) is 3.24. The minimum Gasteiger partial charge on any atom is -0.260 e. The maximum absolute atomic E-state index is 6.05. The van der Waals surface area contributed by atoms with Crippen molar-refractivity contribution in [3.63, 3.8) is 0 Å². The third kappa shape index (κ3) is 2.67. The van der Waals surface area contributed by atoms with Gasteiger partial charge in [-0.2, -0.15) is 5.10 Å². The monoisotopic (exact) mass is 343 g/mol. The highest BCUT2D eigenvalue weighted by atomic mass is 35.5. The van der Waals surface area contributed by atoms with Crippen LogP contribution in [0.1, 0.15) is 26.7 Å². The lowest BCUT2D eigenvalue weighted by Gasteiger charge is -2.55. The molecule has 1 saturated carbocycles. The Bertz CT molecular complexity index is 637. The van der Waals surface area contributed by atoms with E-state index >= 15 is 0 Å². The summed E-state index contributed by atoms with van der Waals surface area (Å²) in [5.74, 6) is 1.82. The summed E-state index contributed by atoms with van der Waals surface area (Å²) in [5.41, 5.74) is 4.50. The molecule has 0 saturated heterocycles. The minimum absolute atomic E-state index is 0.207. The summed E-state index contributed by atoms with van der Waals surface area (Å²) >= 11 is 17.8. The van der Waals surface area contributed by atoms with Crippen molar-refractivity contribution in [3.05, 3.63) is 32.9 Å². The lowest BCUT2D eigenvalue weighted by molar-refractivity contribution is -0.00124. The highest BCUT2D eigenvalue weighted by Gasteiger charge is 2.50. The van der Waals surface area contributed by atoms with Crippen LogP contribution in [-0.4, -0.2) is 11.2 Å². The third-order valence-electron chi connectivity index (χ3n) is 4.78. The lowest BCUT2D eigenvalue weighted by atomic mass is 9.49. The summed E-state index contributed by atoms with van der Waals surface area (Å²) in [7, 11) is 0. The topological polar surface area (TPSA) is 37.3 Å². The minimum atomic E-state index is 0.207.